The van der Waals surface area contributed by atoms with Crippen LogP contribution < -0.4 is 0 Å². The van der Waals surface area contributed by atoms with Gasteiger partial charge >= 0.3 is 12.1 Å². The lowest BCUT2D eigenvalue weighted by Crippen LogP contribution is -2.17. The van der Waals surface area contributed by atoms with E-state index in [1.807, 2.05) is 0 Å². The number of benzene rings is 1. The van der Waals surface area contributed by atoms with Crippen LogP contribution in [0, 0.1) is 5.82 Å². The van der Waals surface area contributed by atoms with Crippen LogP contribution in [0.1, 0.15) is 22.8 Å². The molecule has 1 rings (SSSR count). The molecule has 0 unspecified atom stereocenters. The van der Waals surface area contributed by atoms with Crippen LogP contribution in [-0.2, 0) is 10.9 Å². The van der Waals surface area contributed by atoms with Crippen molar-refractivity contribution in [1.29, 1.82) is 0 Å². The maximum absolute atomic E-state index is 13.5. The zero-order chi connectivity index (χ0) is 13.2. The van der Waals surface area contributed by atoms with Crippen LogP contribution in [0.3, 0.4) is 0 Å². The molecule has 0 atom stereocenters. The van der Waals surface area contributed by atoms with Gasteiger partial charge in [-0.3, -0.25) is 0 Å². The fraction of sp³-hybridized carbons (Fsp3) is 0.300. The highest BCUT2D eigenvalue weighted by atomic mass is 79.9. The summed E-state index contributed by atoms with van der Waals surface area (Å²) >= 11 is 2.72. The maximum Gasteiger partial charge on any atom is 0.417 e. The van der Waals surface area contributed by atoms with Gasteiger partial charge in [-0.05, 0) is 35.0 Å². The number of esters is 1. The molecule has 2 nitrogen and oxygen atoms in total. The Morgan fingerprint density at radius 1 is 1.41 bits per heavy atom. The molecule has 94 valence electrons. The summed E-state index contributed by atoms with van der Waals surface area (Å²) in [6.07, 6.45) is -4.82. The van der Waals surface area contributed by atoms with Crippen molar-refractivity contribution in [2.75, 3.05) is 6.61 Å². The highest BCUT2D eigenvalue weighted by Gasteiger charge is 2.38. The number of carbonyl (C=O) groups is 1. The van der Waals surface area contributed by atoms with Gasteiger partial charge in [-0.25, -0.2) is 9.18 Å². The zero-order valence-corrected chi connectivity index (χ0v) is 10.2. The predicted octanol–water partition coefficient (Wildman–Crippen LogP) is 3.78. The molecule has 0 fully saturated rings. The maximum atomic E-state index is 13.5. The van der Waals surface area contributed by atoms with Gasteiger partial charge in [0.1, 0.15) is 5.56 Å². The van der Waals surface area contributed by atoms with Gasteiger partial charge < -0.3 is 4.74 Å². The molecule has 0 N–H and O–H groups in total. The minimum atomic E-state index is -4.82. The summed E-state index contributed by atoms with van der Waals surface area (Å²) in [6.45, 7) is 1.28. The monoisotopic (exact) mass is 314 g/mol. The Balaban J connectivity index is 3.42. The molecule has 0 saturated heterocycles. The average molecular weight is 315 g/mol. The molecule has 0 bridgehead atoms. The second-order valence-corrected chi connectivity index (χ2v) is 3.86. The first kappa shape index (κ1) is 14.0. The molecule has 1 aromatic carbocycles. The summed E-state index contributed by atoms with van der Waals surface area (Å²) in [5.74, 6) is -2.61. The van der Waals surface area contributed by atoms with Gasteiger partial charge in [0.05, 0.1) is 16.6 Å². The van der Waals surface area contributed by atoms with E-state index in [1.54, 1.807) is 0 Å². The molecule has 7 heteroatoms. The molecule has 0 spiro atoms. The molecular formula is C10H7BrF4O2. The normalized spacial score (nSPS) is 11.4. The number of alkyl halides is 3. The third kappa shape index (κ3) is 2.96. The Morgan fingerprint density at radius 3 is 2.47 bits per heavy atom. The summed E-state index contributed by atoms with van der Waals surface area (Å²) in [7, 11) is 0. The smallest absolute Gasteiger partial charge is 0.417 e. The van der Waals surface area contributed by atoms with Gasteiger partial charge in [0, 0.05) is 0 Å². The fourth-order valence-electron chi connectivity index (χ4n) is 1.19. The summed E-state index contributed by atoms with van der Waals surface area (Å²) in [4.78, 5) is 11.3. The Kier molecular flexibility index (Phi) is 4.13. The third-order valence-corrected chi connectivity index (χ3v) is 2.49. The van der Waals surface area contributed by atoms with Crippen LogP contribution in [0.4, 0.5) is 17.6 Å². The molecule has 0 amide bonds. The lowest BCUT2D eigenvalue weighted by molar-refractivity contribution is -0.138. The molecule has 1 aromatic rings. The highest BCUT2D eigenvalue weighted by Crippen LogP contribution is 2.35. The SMILES string of the molecule is CCOC(=O)c1c(C(F)(F)F)ccc(Br)c1F. The lowest BCUT2D eigenvalue weighted by atomic mass is 10.1. The quantitative estimate of drug-likeness (QED) is 0.613. The highest BCUT2D eigenvalue weighted by molar-refractivity contribution is 9.10. The number of hydrogen-bond acceptors (Lipinski definition) is 2. The molecule has 0 aliphatic heterocycles. The van der Waals surface area contributed by atoms with Crippen LogP contribution in [0.15, 0.2) is 16.6 Å². The zero-order valence-electron chi connectivity index (χ0n) is 8.57. The lowest BCUT2D eigenvalue weighted by Gasteiger charge is -2.13. The summed E-state index contributed by atoms with van der Waals surface area (Å²) < 4.78 is 55.4. The van der Waals surface area contributed by atoms with E-state index in [0.717, 1.165) is 6.07 Å². The minimum absolute atomic E-state index is 0.137. The van der Waals surface area contributed by atoms with E-state index in [4.69, 9.17) is 0 Å². The van der Waals surface area contributed by atoms with E-state index in [2.05, 4.69) is 20.7 Å². The van der Waals surface area contributed by atoms with Crippen LogP contribution in [0.5, 0.6) is 0 Å². The summed E-state index contributed by atoms with van der Waals surface area (Å²) in [5.41, 5.74) is -2.45. The topological polar surface area (TPSA) is 26.3 Å². The number of carbonyl (C=O) groups excluding carboxylic acids is 1. The van der Waals surface area contributed by atoms with Gasteiger partial charge in [0.2, 0.25) is 0 Å². The van der Waals surface area contributed by atoms with Crippen molar-refractivity contribution in [1.82, 2.24) is 0 Å². The van der Waals surface area contributed by atoms with Crippen LogP contribution >= 0.6 is 15.9 Å². The first-order chi connectivity index (χ1) is 7.79. The van der Waals surface area contributed by atoms with E-state index in [9.17, 15) is 22.4 Å². The van der Waals surface area contributed by atoms with Gasteiger partial charge in [0.15, 0.2) is 5.82 Å². The van der Waals surface area contributed by atoms with Crippen LogP contribution in [-0.4, -0.2) is 12.6 Å². The number of ether oxygens (including phenoxy) is 1. The molecule has 0 aliphatic rings. The number of hydrogen-bond donors (Lipinski definition) is 0. The largest absolute Gasteiger partial charge is 0.462 e. The van der Waals surface area contributed by atoms with Crippen molar-refractivity contribution < 1.29 is 27.1 Å². The summed E-state index contributed by atoms with van der Waals surface area (Å²) in [5, 5.41) is 0. The molecule has 0 saturated carbocycles. The van der Waals surface area contributed by atoms with E-state index >= 15 is 0 Å². The average Bonchev–Trinajstić information content (AvgIpc) is 2.20. The Hall–Kier alpha value is -1.11. The van der Waals surface area contributed by atoms with Gasteiger partial charge in [-0.15, -0.1) is 0 Å². The van der Waals surface area contributed by atoms with Crippen LogP contribution in [0.25, 0.3) is 0 Å². The van der Waals surface area contributed by atoms with Crippen molar-refractivity contribution in [2.24, 2.45) is 0 Å². The number of halogens is 5. The first-order valence-corrected chi connectivity index (χ1v) is 5.30. The minimum Gasteiger partial charge on any atom is -0.462 e. The predicted molar refractivity (Wildman–Crippen MR) is 55.1 cm³/mol. The third-order valence-electron chi connectivity index (χ3n) is 1.88. The second kappa shape index (κ2) is 5.03. The van der Waals surface area contributed by atoms with Gasteiger partial charge in [-0.2, -0.15) is 13.2 Å². The van der Waals surface area contributed by atoms with Gasteiger partial charge in [-0.1, -0.05) is 0 Å². The second-order valence-electron chi connectivity index (χ2n) is 3.00. The van der Waals surface area contributed by atoms with E-state index in [1.165, 1.54) is 6.92 Å². The van der Waals surface area contributed by atoms with Crippen molar-refractivity contribution in [2.45, 2.75) is 13.1 Å². The number of rotatable bonds is 2. The Morgan fingerprint density at radius 2 is 2.00 bits per heavy atom. The molecular weight excluding hydrogens is 308 g/mol. The van der Waals surface area contributed by atoms with Crippen molar-refractivity contribution in [3.63, 3.8) is 0 Å². The fourth-order valence-corrected chi connectivity index (χ4v) is 1.52. The van der Waals surface area contributed by atoms with Crippen molar-refractivity contribution >= 4 is 21.9 Å². The van der Waals surface area contributed by atoms with Crippen molar-refractivity contribution in [3.8, 4) is 0 Å². The standard InChI is InChI=1S/C10H7BrF4O2/c1-2-17-9(16)7-5(10(13,14)15)3-4-6(11)8(7)12/h3-4H,2H2,1H3. The Bertz CT molecular complexity index is 443. The van der Waals surface area contributed by atoms with Crippen LogP contribution in [0.2, 0.25) is 0 Å². The molecule has 0 heterocycles. The Labute approximate surface area is 103 Å². The van der Waals surface area contributed by atoms with E-state index in [-0.39, 0.29) is 11.1 Å². The molecule has 0 aliphatic carbocycles. The first-order valence-electron chi connectivity index (χ1n) is 4.51. The molecule has 17 heavy (non-hydrogen) atoms. The van der Waals surface area contributed by atoms with Gasteiger partial charge in [0.25, 0.3) is 0 Å². The van der Waals surface area contributed by atoms with Crippen molar-refractivity contribution in [3.05, 3.63) is 33.5 Å². The molecule has 0 radical (unpaired) electrons. The van der Waals surface area contributed by atoms with E-state index < -0.39 is 29.1 Å². The summed E-state index contributed by atoms with van der Waals surface area (Å²) in [6, 6.07) is 1.51. The van der Waals surface area contributed by atoms with E-state index in [0.29, 0.717) is 6.07 Å². The molecule has 0 aromatic heterocycles.